The lowest BCUT2D eigenvalue weighted by Gasteiger charge is -2.32. The third-order valence-electron chi connectivity index (χ3n) is 3.10. The van der Waals surface area contributed by atoms with Crippen molar-refractivity contribution in [1.29, 1.82) is 0 Å². The van der Waals surface area contributed by atoms with Gasteiger partial charge in [0.2, 0.25) is 0 Å². The lowest BCUT2D eigenvalue weighted by atomic mass is 9.90. The molecule has 0 saturated carbocycles. The molecular weight excluding hydrogens is 238 g/mol. The minimum Gasteiger partial charge on any atom is -0.466 e. The molecule has 1 aliphatic rings. The van der Waals surface area contributed by atoms with Gasteiger partial charge in [-0.15, -0.1) is 0 Å². The Bertz CT molecular complexity index is 433. The van der Waals surface area contributed by atoms with Crippen LogP contribution in [0.1, 0.15) is 24.8 Å². The lowest BCUT2D eigenvalue weighted by molar-refractivity contribution is -0.145. The SMILES string of the molecule is CCOC(=O)C1CCN(C)c2ccc(Cl)cc21. The largest absolute Gasteiger partial charge is 0.466 e. The lowest BCUT2D eigenvalue weighted by Crippen LogP contribution is -2.31. The van der Waals surface area contributed by atoms with Crippen molar-refractivity contribution in [2.75, 3.05) is 25.1 Å². The third kappa shape index (κ3) is 2.39. The first-order valence-corrected chi connectivity index (χ1v) is 6.18. The van der Waals surface area contributed by atoms with Crippen molar-refractivity contribution in [3.8, 4) is 0 Å². The highest BCUT2D eigenvalue weighted by molar-refractivity contribution is 6.30. The van der Waals surface area contributed by atoms with Crippen LogP contribution in [0.4, 0.5) is 5.69 Å². The normalized spacial score (nSPS) is 18.8. The zero-order valence-corrected chi connectivity index (χ0v) is 10.8. The third-order valence-corrected chi connectivity index (χ3v) is 3.34. The molecule has 0 aliphatic carbocycles. The van der Waals surface area contributed by atoms with Crippen LogP contribution in [0, 0.1) is 0 Å². The van der Waals surface area contributed by atoms with E-state index in [0.717, 1.165) is 24.2 Å². The number of carbonyl (C=O) groups is 1. The molecule has 0 radical (unpaired) electrons. The van der Waals surface area contributed by atoms with Crippen LogP contribution in [0.15, 0.2) is 18.2 Å². The van der Waals surface area contributed by atoms with Gasteiger partial charge in [-0.25, -0.2) is 0 Å². The molecule has 1 aromatic rings. The van der Waals surface area contributed by atoms with E-state index in [1.54, 1.807) is 0 Å². The van der Waals surface area contributed by atoms with Crippen LogP contribution in [0.3, 0.4) is 0 Å². The fourth-order valence-corrected chi connectivity index (χ4v) is 2.42. The van der Waals surface area contributed by atoms with Gasteiger partial charge in [0.25, 0.3) is 0 Å². The minimum atomic E-state index is -0.181. The van der Waals surface area contributed by atoms with Crippen LogP contribution in [0.2, 0.25) is 5.02 Å². The molecule has 0 bridgehead atoms. The van der Waals surface area contributed by atoms with Crippen molar-refractivity contribution in [3.05, 3.63) is 28.8 Å². The van der Waals surface area contributed by atoms with Crippen molar-refractivity contribution in [2.24, 2.45) is 0 Å². The standard InChI is InChI=1S/C13H16ClNO2/c1-3-17-13(16)10-6-7-15(2)12-5-4-9(14)8-11(10)12/h4-5,8,10H,3,6-7H2,1-2H3. The number of fused-ring (bicyclic) bond motifs is 1. The van der Waals surface area contributed by atoms with Gasteiger partial charge in [0.05, 0.1) is 12.5 Å². The molecule has 0 saturated heterocycles. The highest BCUT2D eigenvalue weighted by Crippen LogP contribution is 2.36. The molecule has 17 heavy (non-hydrogen) atoms. The van der Waals surface area contributed by atoms with Crippen LogP contribution in [-0.4, -0.2) is 26.2 Å². The molecule has 0 spiro atoms. The van der Waals surface area contributed by atoms with E-state index in [0.29, 0.717) is 11.6 Å². The molecule has 0 fully saturated rings. The average Bonchev–Trinajstić information content (AvgIpc) is 2.29. The number of halogens is 1. The fourth-order valence-electron chi connectivity index (χ4n) is 2.24. The van der Waals surface area contributed by atoms with Gasteiger partial charge >= 0.3 is 5.97 Å². The monoisotopic (exact) mass is 253 g/mol. The fraction of sp³-hybridized carbons (Fsp3) is 0.462. The summed E-state index contributed by atoms with van der Waals surface area (Å²) in [5.41, 5.74) is 2.04. The van der Waals surface area contributed by atoms with Gasteiger partial charge in [-0.3, -0.25) is 4.79 Å². The molecule has 1 aromatic carbocycles. The number of benzene rings is 1. The number of rotatable bonds is 2. The molecule has 4 heteroatoms. The molecular formula is C13H16ClNO2. The van der Waals surface area contributed by atoms with Crippen molar-refractivity contribution < 1.29 is 9.53 Å². The number of carbonyl (C=O) groups excluding carboxylic acids is 1. The average molecular weight is 254 g/mol. The second kappa shape index (κ2) is 4.96. The Balaban J connectivity index is 2.37. The first-order chi connectivity index (χ1) is 8.13. The Morgan fingerprint density at radius 1 is 1.59 bits per heavy atom. The number of ether oxygens (including phenoxy) is 1. The Kier molecular flexibility index (Phi) is 3.57. The second-order valence-electron chi connectivity index (χ2n) is 4.22. The Morgan fingerprint density at radius 2 is 2.35 bits per heavy atom. The van der Waals surface area contributed by atoms with Gasteiger partial charge in [-0.05, 0) is 37.1 Å². The van der Waals surface area contributed by atoms with E-state index >= 15 is 0 Å². The molecule has 0 aromatic heterocycles. The first kappa shape index (κ1) is 12.2. The van der Waals surface area contributed by atoms with E-state index in [2.05, 4.69) is 4.90 Å². The van der Waals surface area contributed by atoms with Gasteiger partial charge in [0, 0.05) is 24.3 Å². The van der Waals surface area contributed by atoms with E-state index in [9.17, 15) is 4.79 Å². The molecule has 0 amide bonds. The number of nitrogens with zero attached hydrogens (tertiary/aromatic N) is 1. The summed E-state index contributed by atoms with van der Waals surface area (Å²) in [6, 6.07) is 5.68. The topological polar surface area (TPSA) is 29.5 Å². The molecule has 3 nitrogen and oxygen atoms in total. The molecule has 2 rings (SSSR count). The van der Waals surface area contributed by atoms with Gasteiger partial charge in [-0.2, -0.15) is 0 Å². The Morgan fingerprint density at radius 3 is 3.06 bits per heavy atom. The maximum atomic E-state index is 11.9. The summed E-state index contributed by atoms with van der Waals surface area (Å²) in [5.74, 6) is -0.330. The van der Waals surface area contributed by atoms with E-state index in [4.69, 9.17) is 16.3 Å². The molecule has 92 valence electrons. The molecule has 1 heterocycles. The first-order valence-electron chi connectivity index (χ1n) is 5.80. The van der Waals surface area contributed by atoms with Crippen molar-refractivity contribution in [1.82, 2.24) is 0 Å². The number of esters is 1. The van der Waals surface area contributed by atoms with E-state index in [-0.39, 0.29) is 11.9 Å². The van der Waals surface area contributed by atoms with Crippen LogP contribution < -0.4 is 4.90 Å². The summed E-state index contributed by atoms with van der Waals surface area (Å²) >= 11 is 6.00. The zero-order chi connectivity index (χ0) is 12.4. The quantitative estimate of drug-likeness (QED) is 0.759. The van der Waals surface area contributed by atoms with Gasteiger partial charge in [0.1, 0.15) is 0 Å². The predicted molar refractivity (Wildman–Crippen MR) is 68.7 cm³/mol. The van der Waals surface area contributed by atoms with E-state index in [1.807, 2.05) is 32.2 Å². The maximum absolute atomic E-state index is 11.9. The summed E-state index contributed by atoms with van der Waals surface area (Å²) in [7, 11) is 2.02. The minimum absolute atomic E-state index is 0.149. The Hall–Kier alpha value is -1.22. The smallest absolute Gasteiger partial charge is 0.313 e. The van der Waals surface area contributed by atoms with Crippen molar-refractivity contribution in [3.63, 3.8) is 0 Å². The molecule has 1 unspecified atom stereocenters. The van der Waals surface area contributed by atoms with E-state index in [1.165, 1.54) is 0 Å². The van der Waals surface area contributed by atoms with Gasteiger partial charge in [-0.1, -0.05) is 11.6 Å². The van der Waals surface area contributed by atoms with Crippen LogP contribution in [-0.2, 0) is 9.53 Å². The summed E-state index contributed by atoms with van der Waals surface area (Å²) in [6.45, 7) is 3.10. The highest BCUT2D eigenvalue weighted by Gasteiger charge is 2.29. The van der Waals surface area contributed by atoms with Crippen molar-refractivity contribution >= 4 is 23.3 Å². The van der Waals surface area contributed by atoms with E-state index < -0.39 is 0 Å². The van der Waals surface area contributed by atoms with Crippen LogP contribution in [0.5, 0.6) is 0 Å². The number of hydrogen-bond acceptors (Lipinski definition) is 3. The maximum Gasteiger partial charge on any atom is 0.313 e. The number of hydrogen-bond donors (Lipinski definition) is 0. The summed E-state index contributed by atoms with van der Waals surface area (Å²) in [5, 5.41) is 0.661. The summed E-state index contributed by atoms with van der Waals surface area (Å²) in [6.07, 6.45) is 0.780. The zero-order valence-electron chi connectivity index (χ0n) is 10.1. The number of anilines is 1. The predicted octanol–water partition coefficient (Wildman–Crippen LogP) is 2.83. The van der Waals surface area contributed by atoms with Gasteiger partial charge in [0.15, 0.2) is 0 Å². The summed E-state index contributed by atoms with van der Waals surface area (Å²) in [4.78, 5) is 14.0. The Labute approximate surface area is 106 Å². The van der Waals surface area contributed by atoms with Crippen molar-refractivity contribution in [2.45, 2.75) is 19.3 Å². The van der Waals surface area contributed by atoms with Crippen LogP contribution >= 0.6 is 11.6 Å². The van der Waals surface area contributed by atoms with Crippen LogP contribution in [0.25, 0.3) is 0 Å². The summed E-state index contributed by atoms with van der Waals surface area (Å²) < 4.78 is 5.11. The molecule has 1 aliphatic heterocycles. The van der Waals surface area contributed by atoms with Gasteiger partial charge < -0.3 is 9.64 Å². The highest BCUT2D eigenvalue weighted by atomic mass is 35.5. The molecule has 1 atom stereocenters. The molecule has 0 N–H and O–H groups in total. The second-order valence-corrected chi connectivity index (χ2v) is 4.65.